The second-order valence-electron chi connectivity index (χ2n) is 6.36. The van der Waals surface area contributed by atoms with Crippen molar-refractivity contribution < 1.29 is 5.11 Å². The van der Waals surface area contributed by atoms with Gasteiger partial charge in [-0.1, -0.05) is 27.2 Å². The summed E-state index contributed by atoms with van der Waals surface area (Å²) in [6, 6.07) is 2.77. The molecule has 0 bridgehead atoms. The molecule has 1 aliphatic carbocycles. The van der Waals surface area contributed by atoms with Crippen molar-refractivity contribution in [1.29, 1.82) is 5.26 Å². The van der Waals surface area contributed by atoms with Gasteiger partial charge < -0.3 is 5.11 Å². The third kappa shape index (κ3) is 3.46. The summed E-state index contributed by atoms with van der Waals surface area (Å²) in [5.74, 6) is 0.823. The summed E-state index contributed by atoms with van der Waals surface area (Å²) in [6.45, 7) is 7.78. The Morgan fingerprint density at radius 2 is 2.06 bits per heavy atom. The van der Waals surface area contributed by atoms with Gasteiger partial charge >= 0.3 is 0 Å². The van der Waals surface area contributed by atoms with Crippen LogP contribution in [0.5, 0.6) is 0 Å². The quantitative estimate of drug-likeness (QED) is 0.818. The highest BCUT2D eigenvalue weighted by molar-refractivity contribution is 4.99. The van der Waals surface area contributed by atoms with E-state index in [-0.39, 0.29) is 12.5 Å². The molecule has 0 aromatic carbocycles. The van der Waals surface area contributed by atoms with E-state index in [2.05, 4.69) is 31.7 Å². The molecule has 0 spiro atoms. The van der Waals surface area contributed by atoms with Gasteiger partial charge in [-0.25, -0.2) is 0 Å². The zero-order valence-electron chi connectivity index (χ0n) is 12.3. The van der Waals surface area contributed by atoms with Crippen molar-refractivity contribution in [3.63, 3.8) is 0 Å². The number of nitrogens with zero attached hydrogens (tertiary/aromatic N) is 2. The number of hydrogen-bond acceptors (Lipinski definition) is 3. The Kier molecular flexibility index (Phi) is 5.62. The summed E-state index contributed by atoms with van der Waals surface area (Å²) < 4.78 is 0. The molecule has 0 aliphatic heterocycles. The molecule has 104 valence electrons. The van der Waals surface area contributed by atoms with E-state index in [0.717, 1.165) is 12.8 Å². The van der Waals surface area contributed by atoms with Crippen LogP contribution in [0.25, 0.3) is 0 Å². The fourth-order valence-corrected chi connectivity index (χ4v) is 3.11. The van der Waals surface area contributed by atoms with Gasteiger partial charge in [0.15, 0.2) is 0 Å². The van der Waals surface area contributed by atoms with Crippen LogP contribution in [0.1, 0.15) is 46.5 Å². The molecule has 1 rings (SSSR count). The number of aliphatic hydroxyl groups excluding tert-OH is 1. The van der Waals surface area contributed by atoms with Crippen molar-refractivity contribution in [2.75, 3.05) is 20.2 Å². The SMILES string of the molecule is CCC(C)(C)C1CCC(C#N)C(N(C)CCO)C1. The minimum absolute atomic E-state index is 0.130. The number of rotatable bonds is 5. The van der Waals surface area contributed by atoms with Crippen LogP contribution in [0.3, 0.4) is 0 Å². The van der Waals surface area contributed by atoms with Crippen LogP contribution in [0, 0.1) is 28.6 Å². The molecule has 18 heavy (non-hydrogen) atoms. The first-order valence-corrected chi connectivity index (χ1v) is 7.17. The lowest BCUT2D eigenvalue weighted by atomic mass is 9.66. The van der Waals surface area contributed by atoms with Crippen molar-refractivity contribution in [1.82, 2.24) is 4.90 Å². The van der Waals surface area contributed by atoms with Crippen molar-refractivity contribution in [3.05, 3.63) is 0 Å². The Balaban J connectivity index is 2.75. The summed E-state index contributed by atoms with van der Waals surface area (Å²) in [6.07, 6.45) is 4.45. The summed E-state index contributed by atoms with van der Waals surface area (Å²) in [5.41, 5.74) is 0.360. The number of hydrogen-bond donors (Lipinski definition) is 1. The Bertz CT molecular complexity index is 295. The predicted octanol–water partition coefficient (Wildman–Crippen LogP) is 2.66. The molecule has 0 amide bonds. The summed E-state index contributed by atoms with van der Waals surface area (Å²) >= 11 is 0. The van der Waals surface area contributed by atoms with Gasteiger partial charge in [-0.15, -0.1) is 0 Å². The van der Waals surface area contributed by atoms with Crippen LogP contribution in [0.4, 0.5) is 0 Å². The molecule has 0 radical (unpaired) electrons. The molecule has 3 unspecified atom stereocenters. The molecule has 1 aliphatic rings. The highest BCUT2D eigenvalue weighted by Gasteiger charge is 2.38. The molecule has 0 aromatic rings. The minimum Gasteiger partial charge on any atom is -0.395 e. The lowest BCUT2D eigenvalue weighted by molar-refractivity contribution is 0.0566. The lowest BCUT2D eigenvalue weighted by Gasteiger charge is -2.44. The Morgan fingerprint density at radius 3 is 2.56 bits per heavy atom. The van der Waals surface area contributed by atoms with Gasteiger partial charge in [-0.05, 0) is 37.6 Å². The molecule has 1 saturated carbocycles. The van der Waals surface area contributed by atoms with E-state index in [9.17, 15) is 5.26 Å². The second kappa shape index (κ2) is 6.54. The average molecular weight is 252 g/mol. The first-order chi connectivity index (χ1) is 8.46. The maximum Gasteiger partial charge on any atom is 0.0672 e. The van der Waals surface area contributed by atoms with Gasteiger partial charge in [0, 0.05) is 12.6 Å². The molecule has 3 heteroatoms. The number of likely N-dealkylation sites (N-methyl/N-ethyl adjacent to an activating group) is 1. The van der Waals surface area contributed by atoms with Gasteiger partial charge in [0.05, 0.1) is 18.6 Å². The largest absolute Gasteiger partial charge is 0.395 e. The fourth-order valence-electron chi connectivity index (χ4n) is 3.11. The molecular formula is C15H28N2O. The number of nitriles is 1. The third-order valence-electron chi connectivity index (χ3n) is 5.02. The molecule has 0 heterocycles. The average Bonchev–Trinajstić information content (AvgIpc) is 2.38. The Hall–Kier alpha value is -0.590. The highest BCUT2D eigenvalue weighted by atomic mass is 16.3. The number of aliphatic hydroxyl groups is 1. The van der Waals surface area contributed by atoms with Gasteiger partial charge in [-0.3, -0.25) is 4.90 Å². The van der Waals surface area contributed by atoms with Crippen LogP contribution in [0.15, 0.2) is 0 Å². The predicted molar refractivity (Wildman–Crippen MR) is 74.0 cm³/mol. The minimum atomic E-state index is 0.130. The van der Waals surface area contributed by atoms with Crippen molar-refractivity contribution >= 4 is 0 Å². The lowest BCUT2D eigenvalue weighted by Crippen LogP contribution is -2.45. The van der Waals surface area contributed by atoms with Crippen LogP contribution >= 0.6 is 0 Å². The van der Waals surface area contributed by atoms with E-state index in [1.54, 1.807) is 0 Å². The summed E-state index contributed by atoms with van der Waals surface area (Å²) in [7, 11) is 2.03. The molecule has 1 fully saturated rings. The van der Waals surface area contributed by atoms with Crippen molar-refractivity contribution in [2.45, 2.75) is 52.5 Å². The van der Waals surface area contributed by atoms with Crippen LogP contribution in [0.2, 0.25) is 0 Å². The van der Waals surface area contributed by atoms with Gasteiger partial charge in [0.1, 0.15) is 0 Å². The van der Waals surface area contributed by atoms with E-state index in [0.29, 0.717) is 23.9 Å². The molecule has 0 saturated heterocycles. The first kappa shape index (κ1) is 15.5. The van der Waals surface area contributed by atoms with Crippen molar-refractivity contribution in [2.24, 2.45) is 17.3 Å². The van der Waals surface area contributed by atoms with Gasteiger partial charge in [0.2, 0.25) is 0 Å². The van der Waals surface area contributed by atoms with E-state index in [1.165, 1.54) is 12.8 Å². The summed E-state index contributed by atoms with van der Waals surface area (Å²) in [4.78, 5) is 2.17. The van der Waals surface area contributed by atoms with Crippen LogP contribution < -0.4 is 0 Å². The third-order valence-corrected chi connectivity index (χ3v) is 5.02. The standard InChI is InChI=1S/C15H28N2O/c1-5-15(2,3)13-7-6-12(11-16)14(10-13)17(4)8-9-18/h12-14,18H,5-10H2,1-4H3. The molecule has 3 nitrogen and oxygen atoms in total. The van der Waals surface area contributed by atoms with E-state index in [1.807, 2.05) is 7.05 Å². The summed E-state index contributed by atoms with van der Waals surface area (Å²) in [5, 5.41) is 18.4. The van der Waals surface area contributed by atoms with E-state index in [4.69, 9.17) is 5.11 Å². The highest BCUT2D eigenvalue weighted by Crippen LogP contribution is 2.43. The van der Waals surface area contributed by atoms with E-state index >= 15 is 0 Å². The smallest absolute Gasteiger partial charge is 0.0672 e. The maximum absolute atomic E-state index is 9.29. The molecular weight excluding hydrogens is 224 g/mol. The van der Waals surface area contributed by atoms with E-state index < -0.39 is 0 Å². The molecule has 1 N–H and O–H groups in total. The Morgan fingerprint density at radius 1 is 1.39 bits per heavy atom. The second-order valence-corrected chi connectivity index (χ2v) is 6.36. The maximum atomic E-state index is 9.29. The van der Waals surface area contributed by atoms with Crippen LogP contribution in [-0.2, 0) is 0 Å². The van der Waals surface area contributed by atoms with Crippen LogP contribution in [-0.4, -0.2) is 36.2 Å². The zero-order chi connectivity index (χ0) is 13.8. The molecule has 0 aromatic heterocycles. The topological polar surface area (TPSA) is 47.3 Å². The fraction of sp³-hybridized carbons (Fsp3) is 0.933. The van der Waals surface area contributed by atoms with Gasteiger partial charge in [0.25, 0.3) is 0 Å². The molecule has 3 atom stereocenters. The van der Waals surface area contributed by atoms with Gasteiger partial charge in [-0.2, -0.15) is 5.26 Å². The first-order valence-electron chi connectivity index (χ1n) is 7.17. The Labute approximate surface area is 112 Å². The zero-order valence-corrected chi connectivity index (χ0v) is 12.3. The van der Waals surface area contributed by atoms with Crippen molar-refractivity contribution in [3.8, 4) is 6.07 Å². The normalized spacial score (nSPS) is 29.3. The monoisotopic (exact) mass is 252 g/mol.